The van der Waals surface area contributed by atoms with Gasteiger partial charge in [0.2, 0.25) is 5.91 Å². The van der Waals surface area contributed by atoms with E-state index in [2.05, 4.69) is 5.32 Å². The van der Waals surface area contributed by atoms with Crippen molar-refractivity contribution in [2.24, 2.45) is 0 Å². The van der Waals surface area contributed by atoms with Crippen molar-refractivity contribution in [3.8, 4) is 0 Å². The molecule has 1 amide bonds. The zero-order chi connectivity index (χ0) is 9.90. The summed E-state index contributed by atoms with van der Waals surface area (Å²) in [5.74, 6) is 0.271. The molecule has 1 saturated heterocycles. The SMILES string of the molecule is CNC(=O)CN1CCS(=O)(=O)CC1. The third-order valence-corrected chi connectivity index (χ3v) is 3.69. The third kappa shape index (κ3) is 3.31. The minimum absolute atomic E-state index is 0.0701. The Hall–Kier alpha value is -0.620. The number of likely N-dealkylation sites (N-methyl/N-ethyl adjacent to an activating group) is 1. The predicted octanol–water partition coefficient (Wildman–Crippen LogP) is -1.54. The van der Waals surface area contributed by atoms with Gasteiger partial charge in [-0.05, 0) is 0 Å². The van der Waals surface area contributed by atoms with Gasteiger partial charge in [-0.3, -0.25) is 9.69 Å². The molecule has 0 saturated carbocycles. The number of nitrogens with zero attached hydrogens (tertiary/aromatic N) is 1. The van der Waals surface area contributed by atoms with Gasteiger partial charge in [0.05, 0.1) is 18.1 Å². The van der Waals surface area contributed by atoms with E-state index in [0.29, 0.717) is 19.6 Å². The highest BCUT2D eigenvalue weighted by Gasteiger charge is 2.22. The van der Waals surface area contributed by atoms with Crippen molar-refractivity contribution in [3.05, 3.63) is 0 Å². The molecule has 76 valence electrons. The average molecular weight is 206 g/mol. The summed E-state index contributed by atoms with van der Waals surface area (Å²) in [6.07, 6.45) is 0. The summed E-state index contributed by atoms with van der Waals surface area (Å²) in [5.41, 5.74) is 0. The Morgan fingerprint density at radius 1 is 1.38 bits per heavy atom. The van der Waals surface area contributed by atoms with Gasteiger partial charge in [0.25, 0.3) is 0 Å². The van der Waals surface area contributed by atoms with Gasteiger partial charge in [-0.15, -0.1) is 0 Å². The highest BCUT2D eigenvalue weighted by molar-refractivity contribution is 7.91. The van der Waals surface area contributed by atoms with Crippen LogP contribution < -0.4 is 5.32 Å². The number of carbonyl (C=O) groups excluding carboxylic acids is 1. The zero-order valence-electron chi connectivity index (χ0n) is 7.62. The minimum Gasteiger partial charge on any atom is -0.358 e. The largest absolute Gasteiger partial charge is 0.358 e. The first-order valence-corrected chi connectivity index (χ1v) is 5.99. The first kappa shape index (κ1) is 10.5. The Kier molecular flexibility index (Phi) is 3.27. The molecule has 1 aliphatic heterocycles. The molecule has 13 heavy (non-hydrogen) atoms. The second-order valence-electron chi connectivity index (χ2n) is 3.10. The number of carbonyl (C=O) groups is 1. The van der Waals surface area contributed by atoms with E-state index in [4.69, 9.17) is 0 Å². The number of hydrogen-bond donors (Lipinski definition) is 1. The molecule has 0 bridgehead atoms. The molecular formula is C7H14N2O3S. The molecule has 0 spiro atoms. The van der Waals surface area contributed by atoms with Crippen molar-refractivity contribution < 1.29 is 13.2 Å². The van der Waals surface area contributed by atoms with Crippen LogP contribution in [0, 0.1) is 0 Å². The summed E-state index contributed by atoms with van der Waals surface area (Å²) in [4.78, 5) is 12.8. The van der Waals surface area contributed by atoms with Crippen LogP contribution in [0.25, 0.3) is 0 Å². The molecule has 1 fully saturated rings. The maximum atomic E-state index is 11.0. The van der Waals surface area contributed by atoms with Crippen molar-refractivity contribution in [3.63, 3.8) is 0 Å². The lowest BCUT2D eigenvalue weighted by atomic mass is 10.4. The second kappa shape index (κ2) is 4.06. The second-order valence-corrected chi connectivity index (χ2v) is 5.40. The normalized spacial score (nSPS) is 22.5. The molecule has 1 heterocycles. The Balaban J connectivity index is 2.38. The van der Waals surface area contributed by atoms with E-state index < -0.39 is 9.84 Å². The molecule has 0 aromatic carbocycles. The van der Waals surface area contributed by atoms with E-state index in [1.165, 1.54) is 0 Å². The first-order valence-electron chi connectivity index (χ1n) is 4.17. The van der Waals surface area contributed by atoms with Crippen LogP contribution in [0.15, 0.2) is 0 Å². The monoisotopic (exact) mass is 206 g/mol. The smallest absolute Gasteiger partial charge is 0.233 e. The van der Waals surface area contributed by atoms with Crippen molar-refractivity contribution in [1.29, 1.82) is 0 Å². The molecule has 0 aromatic rings. The van der Waals surface area contributed by atoms with E-state index in [-0.39, 0.29) is 17.4 Å². The Bertz CT molecular complexity index is 272. The lowest BCUT2D eigenvalue weighted by molar-refractivity contribution is -0.121. The topological polar surface area (TPSA) is 66.5 Å². The van der Waals surface area contributed by atoms with Crippen molar-refractivity contribution >= 4 is 15.7 Å². The molecule has 1 rings (SSSR count). The van der Waals surface area contributed by atoms with Crippen LogP contribution in [-0.4, -0.2) is 57.4 Å². The van der Waals surface area contributed by atoms with Gasteiger partial charge in [0.1, 0.15) is 0 Å². The first-order chi connectivity index (χ1) is 6.03. The molecular weight excluding hydrogens is 192 g/mol. The molecule has 5 nitrogen and oxygen atoms in total. The molecule has 0 atom stereocenters. The van der Waals surface area contributed by atoms with Crippen LogP contribution in [0.4, 0.5) is 0 Å². The van der Waals surface area contributed by atoms with Crippen molar-refractivity contribution in [2.45, 2.75) is 0 Å². The lowest BCUT2D eigenvalue weighted by Crippen LogP contribution is -2.44. The molecule has 0 radical (unpaired) electrons. The number of sulfone groups is 1. The van der Waals surface area contributed by atoms with Crippen LogP contribution in [-0.2, 0) is 14.6 Å². The van der Waals surface area contributed by atoms with Crippen molar-refractivity contribution in [1.82, 2.24) is 10.2 Å². The number of amides is 1. The predicted molar refractivity (Wildman–Crippen MR) is 49.2 cm³/mol. The van der Waals surface area contributed by atoms with Gasteiger partial charge < -0.3 is 5.32 Å². The lowest BCUT2D eigenvalue weighted by Gasteiger charge is -2.25. The van der Waals surface area contributed by atoms with Gasteiger partial charge in [-0.2, -0.15) is 0 Å². The van der Waals surface area contributed by atoms with E-state index in [9.17, 15) is 13.2 Å². The highest BCUT2D eigenvalue weighted by Crippen LogP contribution is 2.02. The molecule has 1 aliphatic rings. The van der Waals surface area contributed by atoms with Gasteiger partial charge in [0, 0.05) is 20.1 Å². The van der Waals surface area contributed by atoms with Gasteiger partial charge in [0.15, 0.2) is 9.84 Å². The Morgan fingerprint density at radius 2 is 1.92 bits per heavy atom. The van der Waals surface area contributed by atoms with Gasteiger partial charge in [-0.25, -0.2) is 8.42 Å². The zero-order valence-corrected chi connectivity index (χ0v) is 8.43. The molecule has 0 aliphatic carbocycles. The maximum Gasteiger partial charge on any atom is 0.233 e. The Labute approximate surface area is 78.0 Å². The van der Waals surface area contributed by atoms with E-state index >= 15 is 0 Å². The highest BCUT2D eigenvalue weighted by atomic mass is 32.2. The number of rotatable bonds is 2. The fourth-order valence-corrected chi connectivity index (χ4v) is 2.47. The van der Waals surface area contributed by atoms with Crippen LogP contribution in [0.3, 0.4) is 0 Å². The number of hydrogen-bond acceptors (Lipinski definition) is 4. The minimum atomic E-state index is -2.83. The summed E-state index contributed by atoms with van der Waals surface area (Å²) in [6, 6.07) is 0. The van der Waals surface area contributed by atoms with Crippen LogP contribution >= 0.6 is 0 Å². The molecule has 6 heteroatoms. The summed E-state index contributed by atoms with van der Waals surface area (Å²) >= 11 is 0. The van der Waals surface area contributed by atoms with E-state index in [1.807, 2.05) is 4.90 Å². The van der Waals surface area contributed by atoms with Crippen LogP contribution in [0.5, 0.6) is 0 Å². The third-order valence-electron chi connectivity index (χ3n) is 2.08. The van der Waals surface area contributed by atoms with Gasteiger partial charge >= 0.3 is 0 Å². The fraction of sp³-hybridized carbons (Fsp3) is 0.857. The summed E-state index contributed by atoms with van der Waals surface area (Å²) in [6.45, 7) is 1.23. The average Bonchev–Trinajstić information content (AvgIpc) is 2.08. The Morgan fingerprint density at radius 3 is 2.38 bits per heavy atom. The maximum absolute atomic E-state index is 11.0. The molecule has 1 N–H and O–H groups in total. The van der Waals surface area contributed by atoms with Crippen LogP contribution in [0.2, 0.25) is 0 Å². The van der Waals surface area contributed by atoms with Crippen molar-refractivity contribution in [2.75, 3.05) is 38.2 Å². The molecule has 0 unspecified atom stereocenters. The standard InChI is InChI=1S/C7H14N2O3S/c1-8-7(10)6-9-2-4-13(11,12)5-3-9/h2-6H2,1H3,(H,8,10). The van der Waals surface area contributed by atoms with Crippen LogP contribution in [0.1, 0.15) is 0 Å². The molecule has 0 aromatic heterocycles. The van der Waals surface area contributed by atoms with Gasteiger partial charge in [-0.1, -0.05) is 0 Å². The summed E-state index contributed by atoms with van der Waals surface area (Å²) in [7, 11) is -1.26. The summed E-state index contributed by atoms with van der Waals surface area (Å²) in [5, 5.41) is 2.50. The quantitative estimate of drug-likeness (QED) is 0.595. The van der Waals surface area contributed by atoms with E-state index in [0.717, 1.165) is 0 Å². The fourth-order valence-electron chi connectivity index (χ4n) is 1.19. The number of nitrogens with one attached hydrogen (secondary N) is 1. The summed E-state index contributed by atoms with van der Waals surface area (Å²) < 4.78 is 22.0. The van der Waals surface area contributed by atoms with E-state index in [1.54, 1.807) is 7.05 Å².